The van der Waals surface area contributed by atoms with Gasteiger partial charge in [0.2, 0.25) is 0 Å². The van der Waals surface area contributed by atoms with Crippen LogP contribution in [-0.4, -0.2) is 28.7 Å². The number of hydrogen-bond acceptors (Lipinski definition) is 5. The van der Waals surface area contributed by atoms with Crippen molar-refractivity contribution in [3.05, 3.63) is 45.9 Å². The summed E-state index contributed by atoms with van der Waals surface area (Å²) in [6.45, 7) is 8.42. The molecule has 2 aromatic rings. The number of aromatic nitrogens is 1. The van der Waals surface area contributed by atoms with Gasteiger partial charge in [0.05, 0.1) is 12.2 Å². The van der Waals surface area contributed by atoms with Crippen molar-refractivity contribution in [3.8, 4) is 5.75 Å². The van der Waals surface area contributed by atoms with Crippen molar-refractivity contribution < 1.29 is 14.6 Å². The summed E-state index contributed by atoms with van der Waals surface area (Å²) in [5, 5.41) is 15.4. The fourth-order valence-corrected chi connectivity index (χ4v) is 2.94. The quantitative estimate of drug-likeness (QED) is 0.842. The van der Waals surface area contributed by atoms with Crippen LogP contribution in [0.25, 0.3) is 0 Å². The van der Waals surface area contributed by atoms with Crippen LogP contribution < -0.4 is 10.1 Å². The summed E-state index contributed by atoms with van der Waals surface area (Å²) in [4.78, 5) is 16.5. The Bertz CT molecular complexity index is 692. The van der Waals surface area contributed by atoms with Crippen molar-refractivity contribution in [3.63, 3.8) is 0 Å². The van der Waals surface area contributed by atoms with Gasteiger partial charge in [0, 0.05) is 10.8 Å². The fraction of sp³-hybridized carbons (Fsp3) is 0.444. The van der Waals surface area contributed by atoms with E-state index in [-0.39, 0.29) is 12.0 Å². The Balaban J connectivity index is 1.81. The van der Waals surface area contributed by atoms with Crippen LogP contribution >= 0.6 is 11.3 Å². The summed E-state index contributed by atoms with van der Waals surface area (Å²) in [7, 11) is 0. The molecule has 0 radical (unpaired) electrons. The van der Waals surface area contributed by atoms with Crippen LogP contribution in [0.5, 0.6) is 5.75 Å². The number of amides is 1. The fourth-order valence-electron chi connectivity index (χ4n) is 1.98. The van der Waals surface area contributed by atoms with Gasteiger partial charge in [-0.1, -0.05) is 39.0 Å². The standard InChI is InChI=1S/C18H24N2O3S/c1-12-7-5-6-8-14(12)23-10-13(21)17(22)19-9-16-20-15(11-24-16)18(2,3)4/h5-8,11,13,21H,9-10H2,1-4H3,(H,19,22)/t13-/m1/s1. The molecule has 1 aromatic carbocycles. The second-order valence-corrected chi connectivity index (χ2v) is 7.63. The number of carbonyl (C=O) groups excluding carboxylic acids is 1. The average molecular weight is 348 g/mol. The van der Waals surface area contributed by atoms with E-state index in [4.69, 9.17) is 4.74 Å². The van der Waals surface area contributed by atoms with Gasteiger partial charge in [-0.15, -0.1) is 11.3 Å². The van der Waals surface area contributed by atoms with E-state index in [0.29, 0.717) is 12.3 Å². The van der Waals surface area contributed by atoms with Gasteiger partial charge in [-0.2, -0.15) is 0 Å². The number of benzene rings is 1. The Labute approximate surface area is 146 Å². The van der Waals surface area contributed by atoms with Gasteiger partial charge in [-0.3, -0.25) is 4.79 Å². The highest BCUT2D eigenvalue weighted by Crippen LogP contribution is 2.23. The summed E-state index contributed by atoms with van der Waals surface area (Å²) in [6, 6.07) is 7.48. The molecule has 24 heavy (non-hydrogen) atoms. The third-order valence-electron chi connectivity index (χ3n) is 3.53. The molecule has 0 saturated heterocycles. The molecule has 1 heterocycles. The number of carbonyl (C=O) groups is 1. The number of nitrogens with one attached hydrogen (secondary N) is 1. The van der Waals surface area contributed by atoms with Crippen molar-refractivity contribution >= 4 is 17.2 Å². The zero-order valence-corrected chi connectivity index (χ0v) is 15.3. The van der Waals surface area contributed by atoms with Gasteiger partial charge in [0.25, 0.3) is 5.91 Å². The van der Waals surface area contributed by atoms with Crippen molar-refractivity contribution in [2.75, 3.05) is 6.61 Å². The molecular weight excluding hydrogens is 324 g/mol. The molecule has 0 aliphatic heterocycles. The molecule has 0 bridgehead atoms. The average Bonchev–Trinajstić information content (AvgIpc) is 3.00. The lowest BCUT2D eigenvalue weighted by molar-refractivity contribution is -0.130. The molecule has 0 aliphatic carbocycles. The van der Waals surface area contributed by atoms with Crippen molar-refractivity contribution in [1.82, 2.24) is 10.3 Å². The first-order valence-corrected chi connectivity index (χ1v) is 8.74. The van der Waals surface area contributed by atoms with Crippen LogP contribution in [0.4, 0.5) is 0 Å². The molecule has 0 aliphatic rings. The predicted molar refractivity (Wildman–Crippen MR) is 95.3 cm³/mol. The van der Waals surface area contributed by atoms with E-state index in [9.17, 15) is 9.90 Å². The third-order valence-corrected chi connectivity index (χ3v) is 4.38. The highest BCUT2D eigenvalue weighted by Gasteiger charge is 2.19. The third kappa shape index (κ3) is 5.04. The Morgan fingerprint density at radius 3 is 2.71 bits per heavy atom. The lowest BCUT2D eigenvalue weighted by atomic mass is 9.93. The van der Waals surface area contributed by atoms with Gasteiger partial charge >= 0.3 is 0 Å². The lowest BCUT2D eigenvalue weighted by Gasteiger charge is -2.14. The number of para-hydroxylation sites is 1. The van der Waals surface area contributed by atoms with E-state index in [1.807, 2.05) is 36.6 Å². The molecule has 0 unspecified atom stereocenters. The monoisotopic (exact) mass is 348 g/mol. The zero-order valence-electron chi connectivity index (χ0n) is 14.5. The molecule has 1 amide bonds. The van der Waals surface area contributed by atoms with Crippen LogP contribution in [0.3, 0.4) is 0 Å². The minimum absolute atomic E-state index is 0.0142. The van der Waals surface area contributed by atoms with Gasteiger partial charge in [0.1, 0.15) is 17.4 Å². The van der Waals surface area contributed by atoms with Crippen LogP contribution in [-0.2, 0) is 16.8 Å². The first-order valence-electron chi connectivity index (χ1n) is 7.86. The van der Waals surface area contributed by atoms with E-state index < -0.39 is 12.0 Å². The smallest absolute Gasteiger partial charge is 0.252 e. The van der Waals surface area contributed by atoms with Crippen LogP contribution in [0, 0.1) is 6.92 Å². The number of nitrogens with zero attached hydrogens (tertiary/aromatic N) is 1. The Morgan fingerprint density at radius 1 is 1.38 bits per heavy atom. The zero-order chi connectivity index (χ0) is 17.7. The van der Waals surface area contributed by atoms with Gasteiger partial charge in [-0.05, 0) is 18.6 Å². The number of thiazole rings is 1. The SMILES string of the molecule is Cc1ccccc1OC[C@@H](O)C(=O)NCc1nc(C(C)(C)C)cs1. The Morgan fingerprint density at radius 2 is 2.08 bits per heavy atom. The number of hydrogen-bond donors (Lipinski definition) is 2. The van der Waals surface area contributed by atoms with Crippen molar-refractivity contribution in [1.29, 1.82) is 0 Å². The maximum absolute atomic E-state index is 12.0. The lowest BCUT2D eigenvalue weighted by Crippen LogP contribution is -2.37. The molecule has 0 fully saturated rings. The van der Waals surface area contributed by atoms with Crippen molar-refractivity contribution in [2.45, 2.75) is 45.8 Å². The Hall–Kier alpha value is -1.92. The molecule has 130 valence electrons. The molecule has 0 spiro atoms. The molecular formula is C18H24N2O3S. The molecule has 1 atom stereocenters. The molecule has 2 N–H and O–H groups in total. The highest BCUT2D eigenvalue weighted by atomic mass is 32.1. The maximum Gasteiger partial charge on any atom is 0.252 e. The van der Waals surface area contributed by atoms with Gasteiger partial charge in [-0.25, -0.2) is 4.98 Å². The number of aliphatic hydroxyl groups is 1. The summed E-state index contributed by atoms with van der Waals surface area (Å²) in [6.07, 6.45) is -1.22. The number of aryl methyl sites for hydroxylation is 1. The van der Waals surface area contributed by atoms with Crippen LogP contribution in [0.15, 0.2) is 29.6 Å². The van der Waals surface area contributed by atoms with E-state index in [1.165, 1.54) is 11.3 Å². The van der Waals surface area contributed by atoms with E-state index in [2.05, 4.69) is 31.1 Å². The first kappa shape index (κ1) is 18.4. The molecule has 1 aromatic heterocycles. The molecule has 5 nitrogen and oxygen atoms in total. The summed E-state index contributed by atoms with van der Waals surface area (Å²) < 4.78 is 5.50. The number of ether oxygens (including phenoxy) is 1. The van der Waals surface area contributed by atoms with E-state index in [1.54, 1.807) is 0 Å². The van der Waals surface area contributed by atoms with Gasteiger partial charge < -0.3 is 15.2 Å². The first-order chi connectivity index (χ1) is 11.3. The minimum atomic E-state index is -1.22. The van der Waals surface area contributed by atoms with E-state index >= 15 is 0 Å². The second-order valence-electron chi connectivity index (χ2n) is 6.69. The van der Waals surface area contributed by atoms with Crippen molar-refractivity contribution in [2.24, 2.45) is 0 Å². The summed E-state index contributed by atoms with van der Waals surface area (Å²) >= 11 is 1.50. The maximum atomic E-state index is 12.0. The normalized spacial score (nSPS) is 12.7. The van der Waals surface area contributed by atoms with E-state index in [0.717, 1.165) is 16.3 Å². The number of rotatable bonds is 6. The summed E-state index contributed by atoms with van der Waals surface area (Å²) in [5.41, 5.74) is 1.95. The molecule has 2 rings (SSSR count). The van der Waals surface area contributed by atoms with Crippen LogP contribution in [0.1, 0.15) is 37.0 Å². The molecule has 6 heteroatoms. The van der Waals surface area contributed by atoms with Crippen LogP contribution in [0.2, 0.25) is 0 Å². The highest BCUT2D eigenvalue weighted by molar-refractivity contribution is 7.09. The molecule has 0 saturated carbocycles. The summed E-state index contributed by atoms with van der Waals surface area (Å²) in [5.74, 6) is 0.204. The predicted octanol–water partition coefficient (Wildman–Crippen LogP) is 2.81. The Kier molecular flexibility index (Phi) is 5.96. The minimum Gasteiger partial charge on any atom is -0.490 e. The topological polar surface area (TPSA) is 71.5 Å². The largest absolute Gasteiger partial charge is 0.490 e. The second kappa shape index (κ2) is 7.77. The number of aliphatic hydroxyl groups excluding tert-OH is 1. The van der Waals surface area contributed by atoms with Gasteiger partial charge in [0.15, 0.2) is 6.10 Å².